The van der Waals surface area contributed by atoms with E-state index < -0.39 is 17.6 Å². The number of esters is 1. The lowest BCUT2D eigenvalue weighted by Crippen LogP contribution is -2.51. The van der Waals surface area contributed by atoms with Crippen molar-refractivity contribution in [2.75, 3.05) is 51.8 Å². The van der Waals surface area contributed by atoms with Gasteiger partial charge in [-0.05, 0) is 39.3 Å². The average molecular weight is 469 g/mol. The van der Waals surface area contributed by atoms with Gasteiger partial charge in [0.2, 0.25) is 5.91 Å². The molecule has 1 saturated heterocycles. The highest BCUT2D eigenvalue weighted by atomic mass is 35.5. The Kier molecular flexibility index (Phi) is 9.74. The number of methoxy groups -OCH3 is 1. The molecule has 0 radical (unpaired) electrons. The van der Waals surface area contributed by atoms with Gasteiger partial charge < -0.3 is 25.0 Å². The van der Waals surface area contributed by atoms with Gasteiger partial charge in [-0.25, -0.2) is 9.59 Å². The predicted molar refractivity (Wildman–Crippen MR) is 123 cm³/mol. The molecule has 178 valence electrons. The Labute approximate surface area is 194 Å². The van der Waals surface area contributed by atoms with Crippen LogP contribution in [-0.4, -0.2) is 85.8 Å². The van der Waals surface area contributed by atoms with Crippen molar-refractivity contribution in [2.24, 2.45) is 0 Å². The van der Waals surface area contributed by atoms with Gasteiger partial charge >= 0.3 is 12.0 Å². The van der Waals surface area contributed by atoms with Crippen molar-refractivity contribution >= 4 is 35.2 Å². The molecule has 1 aliphatic heterocycles. The zero-order valence-corrected chi connectivity index (χ0v) is 19.9. The lowest BCUT2D eigenvalue weighted by atomic mass is 10.2. The van der Waals surface area contributed by atoms with Crippen LogP contribution in [0.2, 0.25) is 5.02 Å². The van der Waals surface area contributed by atoms with Gasteiger partial charge in [-0.15, -0.1) is 0 Å². The summed E-state index contributed by atoms with van der Waals surface area (Å²) in [5.74, 6) is -0.726. The Morgan fingerprint density at radius 2 is 1.84 bits per heavy atom. The number of carbonyl (C=O) groups excluding carboxylic acids is 3. The number of anilines is 1. The lowest BCUT2D eigenvalue weighted by molar-refractivity contribution is -0.146. The van der Waals surface area contributed by atoms with Crippen LogP contribution in [-0.2, 0) is 19.1 Å². The molecular weight excluding hydrogens is 436 g/mol. The van der Waals surface area contributed by atoms with Crippen LogP contribution in [0.1, 0.15) is 27.2 Å². The van der Waals surface area contributed by atoms with Gasteiger partial charge in [-0.1, -0.05) is 23.7 Å². The molecule has 1 aliphatic rings. The van der Waals surface area contributed by atoms with Gasteiger partial charge in [0.25, 0.3) is 0 Å². The van der Waals surface area contributed by atoms with Crippen molar-refractivity contribution < 1.29 is 23.9 Å². The number of carbonyl (C=O) groups is 3. The highest BCUT2D eigenvalue weighted by molar-refractivity contribution is 6.33. The number of nitrogens with zero attached hydrogens (tertiary/aromatic N) is 2. The summed E-state index contributed by atoms with van der Waals surface area (Å²) in [6.45, 7) is 7.98. The molecule has 0 aliphatic carbocycles. The van der Waals surface area contributed by atoms with Crippen molar-refractivity contribution in [1.29, 1.82) is 0 Å². The van der Waals surface area contributed by atoms with E-state index in [0.29, 0.717) is 43.3 Å². The fourth-order valence-corrected chi connectivity index (χ4v) is 3.36. The van der Waals surface area contributed by atoms with Crippen LogP contribution in [0.3, 0.4) is 0 Å². The molecule has 1 fully saturated rings. The SMILES string of the molecule is COC(=O)C(COC(C)(C)C)NC(=O)N1CCCN(CC(=O)Nc2ccccc2Cl)CC1. The van der Waals surface area contributed by atoms with E-state index in [4.69, 9.17) is 21.1 Å². The lowest BCUT2D eigenvalue weighted by Gasteiger charge is -2.27. The predicted octanol–water partition coefficient (Wildman–Crippen LogP) is 2.35. The molecule has 0 spiro atoms. The summed E-state index contributed by atoms with van der Waals surface area (Å²) in [4.78, 5) is 40.8. The van der Waals surface area contributed by atoms with Gasteiger partial charge in [0.15, 0.2) is 6.04 Å². The normalized spacial score (nSPS) is 16.1. The molecule has 2 rings (SSSR count). The van der Waals surface area contributed by atoms with Gasteiger partial charge in [0, 0.05) is 26.2 Å². The van der Waals surface area contributed by atoms with Crippen LogP contribution in [0.25, 0.3) is 0 Å². The highest BCUT2D eigenvalue weighted by Gasteiger charge is 2.28. The number of halogens is 1. The summed E-state index contributed by atoms with van der Waals surface area (Å²) in [7, 11) is 1.27. The maximum absolute atomic E-state index is 12.8. The highest BCUT2D eigenvalue weighted by Crippen LogP contribution is 2.20. The molecule has 10 heteroatoms. The maximum atomic E-state index is 12.8. The number of hydrogen-bond donors (Lipinski definition) is 2. The third-order valence-corrected chi connectivity index (χ3v) is 5.19. The molecule has 0 bridgehead atoms. The Morgan fingerprint density at radius 3 is 2.50 bits per heavy atom. The summed E-state index contributed by atoms with van der Waals surface area (Å²) >= 11 is 6.09. The van der Waals surface area contributed by atoms with Gasteiger partial charge in [-0.3, -0.25) is 9.69 Å². The molecule has 3 amide bonds. The molecule has 1 aromatic carbocycles. The molecule has 2 N–H and O–H groups in total. The maximum Gasteiger partial charge on any atom is 0.330 e. The molecular formula is C22H33ClN4O5. The summed E-state index contributed by atoms with van der Waals surface area (Å²) < 4.78 is 10.4. The second-order valence-corrected chi connectivity index (χ2v) is 9.00. The fourth-order valence-electron chi connectivity index (χ4n) is 3.17. The van der Waals surface area contributed by atoms with Crippen LogP contribution in [0.15, 0.2) is 24.3 Å². The second kappa shape index (κ2) is 12.0. The summed E-state index contributed by atoms with van der Waals surface area (Å²) in [6.07, 6.45) is 0.703. The quantitative estimate of drug-likeness (QED) is 0.596. The smallest absolute Gasteiger partial charge is 0.330 e. The zero-order chi connectivity index (χ0) is 23.7. The Bertz CT molecular complexity index is 799. The largest absolute Gasteiger partial charge is 0.467 e. The van der Waals surface area contributed by atoms with E-state index in [-0.39, 0.29) is 25.1 Å². The van der Waals surface area contributed by atoms with Crippen LogP contribution in [0.5, 0.6) is 0 Å². The monoisotopic (exact) mass is 468 g/mol. The van der Waals surface area contributed by atoms with Crippen molar-refractivity contribution in [3.05, 3.63) is 29.3 Å². The molecule has 9 nitrogen and oxygen atoms in total. The first kappa shape index (κ1) is 25.9. The number of para-hydroxylation sites is 1. The number of urea groups is 1. The summed E-state index contributed by atoms with van der Waals surface area (Å²) in [5, 5.41) is 6.00. The number of hydrogen-bond acceptors (Lipinski definition) is 6. The van der Waals surface area contributed by atoms with Crippen molar-refractivity contribution in [1.82, 2.24) is 15.1 Å². The number of nitrogens with one attached hydrogen (secondary N) is 2. The minimum absolute atomic E-state index is 0.0180. The van der Waals surface area contributed by atoms with Crippen LogP contribution >= 0.6 is 11.6 Å². The zero-order valence-electron chi connectivity index (χ0n) is 19.2. The van der Waals surface area contributed by atoms with Crippen LogP contribution in [0.4, 0.5) is 10.5 Å². The van der Waals surface area contributed by atoms with E-state index in [0.717, 1.165) is 0 Å². The van der Waals surface area contributed by atoms with E-state index in [9.17, 15) is 14.4 Å². The third-order valence-electron chi connectivity index (χ3n) is 4.86. The molecule has 32 heavy (non-hydrogen) atoms. The van der Waals surface area contributed by atoms with E-state index >= 15 is 0 Å². The summed E-state index contributed by atoms with van der Waals surface area (Å²) in [5.41, 5.74) is 0.117. The Balaban J connectivity index is 1.86. The molecule has 1 atom stereocenters. The summed E-state index contributed by atoms with van der Waals surface area (Å²) in [6, 6.07) is 5.81. The first-order valence-corrected chi connectivity index (χ1v) is 11.0. The fraction of sp³-hybridized carbons (Fsp3) is 0.591. The molecule has 1 unspecified atom stereocenters. The first-order chi connectivity index (χ1) is 15.1. The molecule has 0 aromatic heterocycles. The minimum atomic E-state index is -0.896. The Morgan fingerprint density at radius 1 is 1.12 bits per heavy atom. The standard InChI is InChI=1S/C22H33ClN4O5/c1-22(2,3)32-15-18(20(29)31-4)25-21(30)27-11-7-10-26(12-13-27)14-19(28)24-17-9-6-5-8-16(17)23/h5-6,8-9,18H,7,10-15H2,1-4H3,(H,24,28)(H,25,30). The molecule has 1 heterocycles. The minimum Gasteiger partial charge on any atom is -0.467 e. The van der Waals surface area contributed by atoms with Crippen LogP contribution < -0.4 is 10.6 Å². The van der Waals surface area contributed by atoms with Crippen molar-refractivity contribution in [2.45, 2.75) is 38.8 Å². The first-order valence-electron chi connectivity index (χ1n) is 10.6. The number of ether oxygens (including phenoxy) is 2. The van der Waals surface area contributed by atoms with Crippen molar-refractivity contribution in [3.8, 4) is 0 Å². The second-order valence-electron chi connectivity index (χ2n) is 8.59. The van der Waals surface area contributed by atoms with Gasteiger partial charge in [-0.2, -0.15) is 0 Å². The topological polar surface area (TPSA) is 100 Å². The van der Waals surface area contributed by atoms with Gasteiger partial charge in [0.05, 0.1) is 36.6 Å². The van der Waals surface area contributed by atoms with E-state index in [1.807, 2.05) is 25.7 Å². The van der Waals surface area contributed by atoms with E-state index in [2.05, 4.69) is 10.6 Å². The number of benzene rings is 1. The average Bonchev–Trinajstić information content (AvgIpc) is 2.97. The molecule has 0 saturated carbocycles. The number of amides is 3. The van der Waals surface area contributed by atoms with Crippen LogP contribution in [0, 0.1) is 0 Å². The van der Waals surface area contributed by atoms with E-state index in [1.165, 1.54) is 7.11 Å². The number of rotatable bonds is 7. The van der Waals surface area contributed by atoms with E-state index in [1.54, 1.807) is 29.2 Å². The van der Waals surface area contributed by atoms with Gasteiger partial charge in [0.1, 0.15) is 0 Å². The third kappa shape index (κ3) is 8.64. The Hall–Kier alpha value is -2.36. The van der Waals surface area contributed by atoms with Crippen molar-refractivity contribution in [3.63, 3.8) is 0 Å². The molecule has 1 aromatic rings.